The molecule has 4 atom stereocenters. The van der Waals surface area contributed by atoms with E-state index >= 15 is 0 Å². The monoisotopic (exact) mass is 288 g/mol. The lowest BCUT2D eigenvalue weighted by Crippen LogP contribution is -2.43. The second-order valence-electron chi connectivity index (χ2n) is 6.27. The Kier molecular flexibility index (Phi) is 7.16. The molecule has 4 unspecified atom stereocenters. The van der Waals surface area contributed by atoms with Crippen molar-refractivity contribution in [2.75, 3.05) is 6.54 Å². The average molecular weight is 289 g/mol. The number of halogens is 1. The summed E-state index contributed by atoms with van der Waals surface area (Å²) in [6.07, 6.45) is 7.95. The minimum Gasteiger partial charge on any atom is -0.353 e. The lowest BCUT2D eigenvalue weighted by Gasteiger charge is -2.34. The molecule has 3 nitrogen and oxygen atoms in total. The van der Waals surface area contributed by atoms with Crippen LogP contribution < -0.4 is 10.6 Å². The number of nitrogens with one attached hydrogen (secondary N) is 2. The lowest BCUT2D eigenvalue weighted by atomic mass is 9.78. The molecule has 2 fully saturated rings. The third kappa shape index (κ3) is 4.96. The highest BCUT2D eigenvalue weighted by molar-refractivity contribution is 5.85. The number of rotatable bonds is 4. The van der Waals surface area contributed by atoms with Crippen LogP contribution in [0.5, 0.6) is 0 Å². The van der Waals surface area contributed by atoms with Gasteiger partial charge in [0.15, 0.2) is 0 Å². The summed E-state index contributed by atoms with van der Waals surface area (Å²) in [4.78, 5) is 12.0. The van der Waals surface area contributed by atoms with Gasteiger partial charge in [0.2, 0.25) is 5.91 Å². The van der Waals surface area contributed by atoms with Crippen LogP contribution in [0.25, 0.3) is 0 Å². The topological polar surface area (TPSA) is 41.1 Å². The number of hydrogen-bond donors (Lipinski definition) is 2. The normalized spacial score (nSPS) is 34.6. The van der Waals surface area contributed by atoms with E-state index < -0.39 is 0 Å². The largest absolute Gasteiger partial charge is 0.353 e. The lowest BCUT2D eigenvalue weighted by molar-refractivity contribution is -0.122. The van der Waals surface area contributed by atoms with Crippen molar-refractivity contribution >= 4 is 18.3 Å². The first-order valence-corrected chi connectivity index (χ1v) is 7.69. The minimum absolute atomic E-state index is 0. The van der Waals surface area contributed by atoms with E-state index in [9.17, 15) is 4.79 Å². The summed E-state index contributed by atoms with van der Waals surface area (Å²) < 4.78 is 0. The SMILES string of the molecule is CC1CCCC(NC(=O)CCC2CCCN2)C1C.Cl. The summed E-state index contributed by atoms with van der Waals surface area (Å²) in [5, 5.41) is 6.71. The van der Waals surface area contributed by atoms with Crippen molar-refractivity contribution in [3.05, 3.63) is 0 Å². The molecular formula is C15H29ClN2O. The predicted octanol–water partition coefficient (Wildman–Crippen LogP) is 2.88. The maximum atomic E-state index is 12.0. The summed E-state index contributed by atoms with van der Waals surface area (Å²) in [5.41, 5.74) is 0. The highest BCUT2D eigenvalue weighted by atomic mass is 35.5. The smallest absolute Gasteiger partial charge is 0.220 e. The Hall–Kier alpha value is -0.280. The van der Waals surface area contributed by atoms with Crippen LogP contribution in [0.1, 0.15) is 58.8 Å². The van der Waals surface area contributed by atoms with Crippen LogP contribution >= 0.6 is 12.4 Å². The molecule has 112 valence electrons. The number of amides is 1. The van der Waals surface area contributed by atoms with E-state index in [-0.39, 0.29) is 18.3 Å². The standard InChI is InChI=1S/C15H28N2O.ClH/c1-11-5-3-7-14(12(11)2)17-15(18)9-8-13-6-4-10-16-13;/h11-14,16H,3-10H2,1-2H3,(H,17,18);1H. The molecule has 2 N–H and O–H groups in total. The first-order valence-electron chi connectivity index (χ1n) is 7.69. The summed E-state index contributed by atoms with van der Waals surface area (Å²) >= 11 is 0. The van der Waals surface area contributed by atoms with Gasteiger partial charge in [0.1, 0.15) is 0 Å². The molecule has 4 heteroatoms. The zero-order valence-electron chi connectivity index (χ0n) is 12.3. The molecule has 0 radical (unpaired) electrons. The highest BCUT2D eigenvalue weighted by Crippen LogP contribution is 2.29. The maximum absolute atomic E-state index is 12.0. The van der Waals surface area contributed by atoms with Crippen molar-refractivity contribution < 1.29 is 4.79 Å². The molecule has 19 heavy (non-hydrogen) atoms. The number of carbonyl (C=O) groups excluding carboxylic acids is 1. The molecule has 1 amide bonds. The van der Waals surface area contributed by atoms with Gasteiger partial charge in [0.25, 0.3) is 0 Å². The highest BCUT2D eigenvalue weighted by Gasteiger charge is 2.28. The third-order valence-corrected chi connectivity index (χ3v) is 4.94. The van der Waals surface area contributed by atoms with Crippen molar-refractivity contribution in [3.8, 4) is 0 Å². The quantitative estimate of drug-likeness (QED) is 0.835. The number of hydrogen-bond acceptors (Lipinski definition) is 2. The summed E-state index contributed by atoms with van der Waals surface area (Å²) in [7, 11) is 0. The van der Waals surface area contributed by atoms with Crippen LogP contribution in [-0.2, 0) is 4.79 Å². The van der Waals surface area contributed by atoms with E-state index in [4.69, 9.17) is 0 Å². The molecule has 0 bridgehead atoms. The Morgan fingerprint density at radius 1 is 1.21 bits per heavy atom. The first kappa shape index (κ1) is 16.8. The van der Waals surface area contributed by atoms with Gasteiger partial charge in [-0.15, -0.1) is 12.4 Å². The van der Waals surface area contributed by atoms with E-state index in [0.29, 0.717) is 24.4 Å². The van der Waals surface area contributed by atoms with Crippen molar-refractivity contribution in [1.29, 1.82) is 0 Å². The predicted molar refractivity (Wildman–Crippen MR) is 81.6 cm³/mol. The molecule has 1 saturated carbocycles. The molecule has 2 aliphatic rings. The summed E-state index contributed by atoms with van der Waals surface area (Å²) in [6.45, 7) is 5.72. The Balaban J connectivity index is 0.00000180. The van der Waals surface area contributed by atoms with Crippen molar-refractivity contribution in [2.24, 2.45) is 11.8 Å². The van der Waals surface area contributed by atoms with Crippen LogP contribution in [-0.4, -0.2) is 24.5 Å². The zero-order valence-corrected chi connectivity index (χ0v) is 13.1. The zero-order chi connectivity index (χ0) is 13.0. The Morgan fingerprint density at radius 2 is 2.00 bits per heavy atom. The Bertz CT molecular complexity index is 279. The molecular weight excluding hydrogens is 260 g/mol. The molecule has 2 rings (SSSR count). The third-order valence-electron chi connectivity index (χ3n) is 4.94. The van der Waals surface area contributed by atoms with Gasteiger partial charge in [0, 0.05) is 18.5 Å². The van der Waals surface area contributed by atoms with Crippen LogP contribution in [0.4, 0.5) is 0 Å². The second kappa shape index (κ2) is 8.11. The molecule has 1 aliphatic heterocycles. The molecule has 0 spiro atoms. The van der Waals surface area contributed by atoms with Crippen LogP contribution in [0.15, 0.2) is 0 Å². The Morgan fingerprint density at radius 3 is 2.68 bits per heavy atom. The molecule has 0 aromatic carbocycles. The van der Waals surface area contributed by atoms with Gasteiger partial charge >= 0.3 is 0 Å². The van der Waals surface area contributed by atoms with E-state index in [1.54, 1.807) is 0 Å². The van der Waals surface area contributed by atoms with Gasteiger partial charge in [0.05, 0.1) is 0 Å². The van der Waals surface area contributed by atoms with Gasteiger partial charge < -0.3 is 10.6 Å². The van der Waals surface area contributed by atoms with Gasteiger partial charge in [-0.25, -0.2) is 0 Å². The second-order valence-corrected chi connectivity index (χ2v) is 6.27. The maximum Gasteiger partial charge on any atom is 0.220 e. The molecule has 0 aromatic heterocycles. The van der Waals surface area contributed by atoms with E-state index in [1.807, 2.05) is 0 Å². The molecule has 1 heterocycles. The minimum atomic E-state index is 0. The summed E-state index contributed by atoms with van der Waals surface area (Å²) in [5.74, 6) is 1.64. The van der Waals surface area contributed by atoms with Crippen LogP contribution in [0.3, 0.4) is 0 Å². The molecule has 1 aliphatic carbocycles. The fraction of sp³-hybridized carbons (Fsp3) is 0.933. The molecule has 0 aromatic rings. The van der Waals surface area contributed by atoms with Gasteiger partial charge in [-0.1, -0.05) is 26.7 Å². The van der Waals surface area contributed by atoms with Gasteiger partial charge in [-0.2, -0.15) is 0 Å². The van der Waals surface area contributed by atoms with Crippen LogP contribution in [0.2, 0.25) is 0 Å². The van der Waals surface area contributed by atoms with E-state index in [2.05, 4.69) is 24.5 Å². The molecule has 1 saturated heterocycles. The first-order chi connectivity index (χ1) is 8.66. The van der Waals surface area contributed by atoms with Crippen molar-refractivity contribution in [1.82, 2.24) is 10.6 Å². The van der Waals surface area contributed by atoms with Crippen molar-refractivity contribution in [2.45, 2.75) is 70.9 Å². The number of carbonyl (C=O) groups is 1. The van der Waals surface area contributed by atoms with Gasteiger partial charge in [-0.3, -0.25) is 4.79 Å². The fourth-order valence-corrected chi connectivity index (χ4v) is 3.37. The van der Waals surface area contributed by atoms with E-state index in [1.165, 1.54) is 32.1 Å². The van der Waals surface area contributed by atoms with Crippen molar-refractivity contribution in [3.63, 3.8) is 0 Å². The van der Waals surface area contributed by atoms with Gasteiger partial charge in [-0.05, 0) is 44.1 Å². The Labute approximate surface area is 123 Å². The summed E-state index contributed by atoms with van der Waals surface area (Å²) in [6, 6.07) is 0.997. The average Bonchev–Trinajstić information content (AvgIpc) is 2.86. The van der Waals surface area contributed by atoms with E-state index in [0.717, 1.165) is 18.9 Å². The fourth-order valence-electron chi connectivity index (χ4n) is 3.37. The van der Waals surface area contributed by atoms with Crippen LogP contribution in [0, 0.1) is 11.8 Å².